The van der Waals surface area contributed by atoms with Crippen LogP contribution in [-0.4, -0.2) is 13.6 Å². The van der Waals surface area contributed by atoms with Crippen LogP contribution in [0.3, 0.4) is 0 Å². The van der Waals surface area contributed by atoms with Crippen LogP contribution in [0.1, 0.15) is 30.0 Å². The predicted molar refractivity (Wildman–Crippen MR) is 68.4 cm³/mol. The van der Waals surface area contributed by atoms with E-state index >= 15 is 0 Å². The lowest BCUT2D eigenvalue weighted by molar-refractivity contribution is -0.137. The average molecular weight is 257 g/mol. The molecule has 1 rings (SSSR count). The van der Waals surface area contributed by atoms with Crippen molar-refractivity contribution in [3.63, 3.8) is 0 Å². The fourth-order valence-corrected chi connectivity index (χ4v) is 1.83. The summed E-state index contributed by atoms with van der Waals surface area (Å²) >= 11 is 0. The minimum Gasteiger partial charge on any atom is -0.319 e. The Morgan fingerprint density at radius 2 is 2.00 bits per heavy atom. The van der Waals surface area contributed by atoms with E-state index in [2.05, 4.69) is 5.32 Å². The van der Waals surface area contributed by atoms with Crippen LogP contribution in [0.15, 0.2) is 24.3 Å². The smallest absolute Gasteiger partial charge is 0.319 e. The average Bonchev–Trinajstić information content (AvgIpc) is 2.27. The second-order valence-corrected chi connectivity index (χ2v) is 4.31. The first-order chi connectivity index (χ1) is 8.36. The van der Waals surface area contributed by atoms with Crippen LogP contribution >= 0.6 is 0 Å². The van der Waals surface area contributed by atoms with Gasteiger partial charge < -0.3 is 5.32 Å². The molecule has 1 aromatic rings. The van der Waals surface area contributed by atoms with E-state index in [1.807, 2.05) is 20.0 Å². The van der Waals surface area contributed by atoms with Gasteiger partial charge in [0.15, 0.2) is 0 Å². The zero-order valence-electron chi connectivity index (χ0n) is 10.9. The molecule has 0 spiro atoms. The van der Waals surface area contributed by atoms with Crippen molar-refractivity contribution in [1.82, 2.24) is 5.32 Å². The summed E-state index contributed by atoms with van der Waals surface area (Å²) in [6, 6.07) is 3.88. The largest absolute Gasteiger partial charge is 0.416 e. The van der Waals surface area contributed by atoms with Crippen LogP contribution in [0.25, 0.3) is 5.57 Å². The normalized spacial score (nSPS) is 12.9. The van der Waals surface area contributed by atoms with Crippen molar-refractivity contribution in [2.45, 2.75) is 26.4 Å². The van der Waals surface area contributed by atoms with Gasteiger partial charge in [0.1, 0.15) is 0 Å². The Labute approximate surface area is 106 Å². The Morgan fingerprint density at radius 1 is 1.33 bits per heavy atom. The molecule has 18 heavy (non-hydrogen) atoms. The maximum atomic E-state index is 12.5. The van der Waals surface area contributed by atoms with Crippen molar-refractivity contribution in [2.24, 2.45) is 0 Å². The summed E-state index contributed by atoms with van der Waals surface area (Å²) in [4.78, 5) is 0. The second kappa shape index (κ2) is 6.05. The highest BCUT2D eigenvalue weighted by molar-refractivity contribution is 5.66. The molecule has 0 atom stereocenters. The van der Waals surface area contributed by atoms with Crippen molar-refractivity contribution < 1.29 is 13.2 Å². The number of nitrogens with one attached hydrogen (secondary N) is 1. The summed E-state index contributed by atoms with van der Waals surface area (Å²) in [6.45, 7) is 4.49. The van der Waals surface area contributed by atoms with Gasteiger partial charge in [-0.15, -0.1) is 0 Å². The summed E-state index contributed by atoms with van der Waals surface area (Å²) in [5.74, 6) is 0. The lowest BCUT2D eigenvalue weighted by atomic mass is 9.98. The lowest BCUT2D eigenvalue weighted by Gasteiger charge is -2.11. The standard InChI is InChI=1S/C14H18F3N/c1-10(5-4-8-18-3)13-7-6-12(9-11(13)2)14(15,16)17/h5-7,9,18H,4,8H2,1-3H3/b10-5-. The molecule has 0 amide bonds. The van der Waals surface area contributed by atoms with Gasteiger partial charge in [-0.2, -0.15) is 13.2 Å². The summed E-state index contributed by atoms with van der Waals surface area (Å²) in [5.41, 5.74) is 1.95. The summed E-state index contributed by atoms with van der Waals surface area (Å²) < 4.78 is 37.6. The molecular weight excluding hydrogens is 239 g/mol. The zero-order chi connectivity index (χ0) is 13.8. The predicted octanol–water partition coefficient (Wildman–Crippen LogP) is 4.03. The summed E-state index contributed by atoms with van der Waals surface area (Å²) in [6.07, 6.45) is -1.37. The maximum Gasteiger partial charge on any atom is 0.416 e. The maximum absolute atomic E-state index is 12.5. The molecule has 1 aromatic carbocycles. The van der Waals surface area contributed by atoms with E-state index in [1.165, 1.54) is 6.07 Å². The zero-order valence-corrected chi connectivity index (χ0v) is 10.9. The summed E-state index contributed by atoms with van der Waals surface area (Å²) in [5, 5.41) is 3.02. The van der Waals surface area contributed by atoms with E-state index in [-0.39, 0.29) is 0 Å². The molecule has 4 heteroatoms. The number of benzene rings is 1. The Bertz CT molecular complexity index is 433. The number of hydrogen-bond acceptors (Lipinski definition) is 1. The van der Waals surface area contributed by atoms with Gasteiger partial charge in [-0.25, -0.2) is 0 Å². The number of allylic oxidation sites excluding steroid dienone is 1. The van der Waals surface area contributed by atoms with Crippen LogP contribution in [0.4, 0.5) is 13.2 Å². The molecule has 1 nitrogen and oxygen atoms in total. The van der Waals surface area contributed by atoms with Crippen molar-refractivity contribution in [1.29, 1.82) is 0 Å². The van der Waals surface area contributed by atoms with Gasteiger partial charge in [0.25, 0.3) is 0 Å². The molecule has 0 saturated heterocycles. The Hall–Kier alpha value is -1.29. The van der Waals surface area contributed by atoms with Gasteiger partial charge in [-0.05, 0) is 62.7 Å². The molecule has 0 bridgehead atoms. The van der Waals surface area contributed by atoms with E-state index < -0.39 is 11.7 Å². The monoisotopic (exact) mass is 257 g/mol. The van der Waals surface area contributed by atoms with Crippen molar-refractivity contribution in [3.05, 3.63) is 41.0 Å². The second-order valence-electron chi connectivity index (χ2n) is 4.31. The first kappa shape index (κ1) is 14.8. The van der Waals surface area contributed by atoms with Crippen molar-refractivity contribution >= 4 is 5.57 Å². The molecule has 100 valence electrons. The molecule has 0 aliphatic carbocycles. The SMILES string of the molecule is CNCC/C=C(/C)c1ccc(C(F)(F)F)cc1C. The molecule has 0 unspecified atom stereocenters. The van der Waals surface area contributed by atoms with Crippen LogP contribution in [0.5, 0.6) is 0 Å². The van der Waals surface area contributed by atoms with Crippen LogP contribution in [0.2, 0.25) is 0 Å². The van der Waals surface area contributed by atoms with E-state index in [0.29, 0.717) is 5.56 Å². The van der Waals surface area contributed by atoms with Crippen molar-refractivity contribution in [3.8, 4) is 0 Å². The molecule has 0 saturated carbocycles. The highest BCUT2D eigenvalue weighted by Crippen LogP contribution is 2.31. The van der Waals surface area contributed by atoms with E-state index in [1.54, 1.807) is 13.0 Å². The number of aryl methyl sites for hydroxylation is 1. The highest BCUT2D eigenvalue weighted by atomic mass is 19.4. The van der Waals surface area contributed by atoms with Gasteiger partial charge >= 0.3 is 6.18 Å². The number of alkyl halides is 3. The molecule has 1 N–H and O–H groups in total. The third-order valence-corrected chi connectivity index (χ3v) is 2.82. The molecule has 0 aliphatic heterocycles. The number of hydrogen-bond donors (Lipinski definition) is 1. The van der Waals surface area contributed by atoms with Gasteiger partial charge in [-0.3, -0.25) is 0 Å². The summed E-state index contributed by atoms with van der Waals surface area (Å²) in [7, 11) is 1.87. The molecule has 0 fully saturated rings. The van der Waals surface area contributed by atoms with Crippen LogP contribution in [-0.2, 0) is 6.18 Å². The molecule has 0 aliphatic rings. The van der Waals surface area contributed by atoms with Crippen molar-refractivity contribution in [2.75, 3.05) is 13.6 Å². The van der Waals surface area contributed by atoms with Crippen LogP contribution in [0, 0.1) is 6.92 Å². The van der Waals surface area contributed by atoms with Gasteiger partial charge in [0.05, 0.1) is 5.56 Å². The fraction of sp³-hybridized carbons (Fsp3) is 0.429. The lowest BCUT2D eigenvalue weighted by Crippen LogP contribution is -2.06. The molecule has 0 heterocycles. The van der Waals surface area contributed by atoms with Crippen LogP contribution < -0.4 is 5.32 Å². The topological polar surface area (TPSA) is 12.0 Å². The van der Waals surface area contributed by atoms with Gasteiger partial charge in [0, 0.05) is 0 Å². The molecular formula is C14H18F3N. The molecule has 0 radical (unpaired) electrons. The first-order valence-electron chi connectivity index (χ1n) is 5.86. The first-order valence-corrected chi connectivity index (χ1v) is 5.86. The Morgan fingerprint density at radius 3 is 2.50 bits per heavy atom. The minimum atomic E-state index is -4.27. The van der Waals surface area contributed by atoms with Gasteiger partial charge in [-0.1, -0.05) is 12.1 Å². The molecule has 0 aromatic heterocycles. The number of halogens is 3. The third-order valence-electron chi connectivity index (χ3n) is 2.82. The number of rotatable bonds is 4. The third kappa shape index (κ3) is 3.88. The van der Waals surface area contributed by atoms with Gasteiger partial charge in [0.2, 0.25) is 0 Å². The Balaban J connectivity index is 2.95. The van der Waals surface area contributed by atoms with E-state index in [9.17, 15) is 13.2 Å². The minimum absolute atomic E-state index is 0.591. The fourth-order valence-electron chi connectivity index (χ4n) is 1.83. The quantitative estimate of drug-likeness (QED) is 0.803. The van der Waals surface area contributed by atoms with E-state index in [4.69, 9.17) is 0 Å². The Kier molecular flexibility index (Phi) is 4.96. The highest BCUT2D eigenvalue weighted by Gasteiger charge is 2.30. The van der Waals surface area contributed by atoms with E-state index in [0.717, 1.165) is 30.2 Å².